The largest absolute Gasteiger partial charge is 0.480 e. The Kier molecular flexibility index (Phi) is 11.2. The minimum atomic E-state index is -1.54. The van der Waals surface area contributed by atoms with Crippen molar-refractivity contribution in [1.82, 2.24) is 26.2 Å². The van der Waals surface area contributed by atoms with Gasteiger partial charge in [-0.05, 0) is 19.8 Å². The molecule has 15 heteroatoms. The fourth-order valence-corrected chi connectivity index (χ4v) is 3.05. The Hall–Kier alpha value is -3.30. The molecule has 186 valence electrons. The van der Waals surface area contributed by atoms with Crippen LogP contribution in [0.25, 0.3) is 0 Å². The van der Waals surface area contributed by atoms with Crippen LogP contribution in [0.2, 0.25) is 0 Å². The molecule has 5 amide bonds. The Balaban J connectivity index is 2.54. The van der Waals surface area contributed by atoms with Crippen LogP contribution in [0.5, 0.6) is 0 Å². The summed E-state index contributed by atoms with van der Waals surface area (Å²) in [6.07, 6.45) is 0.954. The summed E-state index contributed by atoms with van der Waals surface area (Å²) in [4.78, 5) is 72.5. The SMILES string of the molecule is C[C@H](NC(=O)CNC(=O)[C@H](CO)NC(=O)[C@@H]1CCCN1C(=O)CN)C(=O)N[C@@H](CO)C(=O)O. The Morgan fingerprint density at radius 1 is 1.00 bits per heavy atom. The van der Waals surface area contributed by atoms with E-state index in [1.165, 1.54) is 11.8 Å². The first kappa shape index (κ1) is 27.7. The van der Waals surface area contributed by atoms with Gasteiger partial charge in [0.05, 0.1) is 26.3 Å². The normalized spacial score (nSPS) is 17.9. The first-order valence-corrected chi connectivity index (χ1v) is 10.2. The van der Waals surface area contributed by atoms with Crippen molar-refractivity contribution in [1.29, 1.82) is 0 Å². The molecule has 33 heavy (non-hydrogen) atoms. The number of aliphatic hydroxyl groups is 2. The highest BCUT2D eigenvalue weighted by Crippen LogP contribution is 2.17. The monoisotopic (exact) mass is 474 g/mol. The van der Waals surface area contributed by atoms with E-state index in [9.17, 15) is 33.9 Å². The molecule has 0 unspecified atom stereocenters. The van der Waals surface area contributed by atoms with Gasteiger partial charge in [0.2, 0.25) is 29.5 Å². The number of nitrogens with two attached hydrogens (primary N) is 1. The molecule has 1 fully saturated rings. The first-order chi connectivity index (χ1) is 15.5. The van der Waals surface area contributed by atoms with Gasteiger partial charge in [-0.3, -0.25) is 24.0 Å². The number of carbonyl (C=O) groups is 6. The average molecular weight is 474 g/mol. The van der Waals surface area contributed by atoms with Crippen LogP contribution in [0.15, 0.2) is 0 Å². The van der Waals surface area contributed by atoms with Crippen LogP contribution in [0.3, 0.4) is 0 Å². The highest BCUT2D eigenvalue weighted by Gasteiger charge is 2.35. The predicted octanol–water partition coefficient (Wildman–Crippen LogP) is -5.40. The van der Waals surface area contributed by atoms with Crippen LogP contribution in [-0.2, 0) is 28.8 Å². The lowest BCUT2D eigenvalue weighted by Gasteiger charge is -2.25. The van der Waals surface area contributed by atoms with Crippen molar-refractivity contribution in [3.8, 4) is 0 Å². The second-order valence-corrected chi connectivity index (χ2v) is 7.28. The van der Waals surface area contributed by atoms with Crippen molar-refractivity contribution in [2.45, 2.75) is 43.9 Å². The zero-order valence-electron chi connectivity index (χ0n) is 18.1. The molecule has 0 aromatic carbocycles. The maximum absolute atomic E-state index is 12.4. The highest BCUT2D eigenvalue weighted by atomic mass is 16.4. The molecule has 1 heterocycles. The Bertz CT molecular complexity index is 762. The van der Waals surface area contributed by atoms with Gasteiger partial charge in [-0.25, -0.2) is 4.79 Å². The first-order valence-electron chi connectivity index (χ1n) is 10.2. The number of hydrogen-bond donors (Lipinski definition) is 8. The number of carbonyl (C=O) groups excluding carboxylic acids is 5. The van der Waals surface area contributed by atoms with Crippen molar-refractivity contribution < 1.29 is 44.1 Å². The molecule has 15 nitrogen and oxygen atoms in total. The Morgan fingerprint density at radius 2 is 1.64 bits per heavy atom. The molecule has 0 aromatic rings. The number of rotatable bonds is 12. The van der Waals surface area contributed by atoms with Crippen molar-refractivity contribution in [2.75, 3.05) is 32.8 Å². The molecule has 4 atom stereocenters. The van der Waals surface area contributed by atoms with E-state index in [2.05, 4.69) is 16.0 Å². The van der Waals surface area contributed by atoms with E-state index >= 15 is 0 Å². The van der Waals surface area contributed by atoms with E-state index < -0.39 is 79.4 Å². The predicted molar refractivity (Wildman–Crippen MR) is 110 cm³/mol. The molecule has 1 rings (SSSR count). The summed E-state index contributed by atoms with van der Waals surface area (Å²) in [6.45, 7) is -0.874. The van der Waals surface area contributed by atoms with E-state index in [0.29, 0.717) is 19.4 Å². The van der Waals surface area contributed by atoms with Gasteiger partial charge in [0, 0.05) is 6.54 Å². The number of aliphatic hydroxyl groups excluding tert-OH is 2. The quantitative estimate of drug-likeness (QED) is 0.133. The molecular weight excluding hydrogens is 444 g/mol. The molecule has 0 aliphatic carbocycles. The molecule has 0 aromatic heterocycles. The lowest BCUT2D eigenvalue weighted by Crippen LogP contribution is -2.56. The summed E-state index contributed by atoms with van der Waals surface area (Å²) >= 11 is 0. The summed E-state index contributed by atoms with van der Waals surface area (Å²) in [5, 5.41) is 35.9. The molecule has 1 saturated heterocycles. The van der Waals surface area contributed by atoms with Gasteiger partial charge >= 0.3 is 5.97 Å². The van der Waals surface area contributed by atoms with Gasteiger partial charge in [-0.1, -0.05) is 0 Å². The van der Waals surface area contributed by atoms with Crippen molar-refractivity contribution in [2.24, 2.45) is 5.73 Å². The molecule has 0 saturated carbocycles. The molecule has 0 bridgehead atoms. The summed E-state index contributed by atoms with van der Waals surface area (Å²) in [7, 11) is 0. The van der Waals surface area contributed by atoms with Gasteiger partial charge in [-0.2, -0.15) is 0 Å². The highest BCUT2D eigenvalue weighted by molar-refractivity contribution is 5.95. The molecular formula is C18H30N6O9. The third-order valence-corrected chi connectivity index (χ3v) is 4.86. The molecule has 0 radical (unpaired) electrons. The van der Waals surface area contributed by atoms with Crippen LogP contribution in [0.1, 0.15) is 19.8 Å². The number of nitrogens with zero attached hydrogens (tertiary/aromatic N) is 1. The smallest absolute Gasteiger partial charge is 0.328 e. The van der Waals surface area contributed by atoms with Gasteiger partial charge in [0.25, 0.3) is 0 Å². The maximum Gasteiger partial charge on any atom is 0.328 e. The van der Waals surface area contributed by atoms with E-state index in [0.717, 1.165) is 0 Å². The number of hydrogen-bond acceptors (Lipinski definition) is 9. The van der Waals surface area contributed by atoms with Crippen LogP contribution in [-0.4, -0.2) is 113 Å². The Morgan fingerprint density at radius 3 is 2.18 bits per heavy atom. The third-order valence-electron chi connectivity index (χ3n) is 4.86. The van der Waals surface area contributed by atoms with Gasteiger partial charge < -0.3 is 47.2 Å². The third kappa shape index (κ3) is 8.28. The van der Waals surface area contributed by atoms with E-state index in [4.69, 9.17) is 15.9 Å². The summed E-state index contributed by atoms with van der Waals surface area (Å²) in [5.74, 6) is -5.07. The second-order valence-electron chi connectivity index (χ2n) is 7.28. The van der Waals surface area contributed by atoms with Gasteiger partial charge in [-0.15, -0.1) is 0 Å². The zero-order valence-corrected chi connectivity index (χ0v) is 18.1. The molecule has 1 aliphatic rings. The lowest BCUT2D eigenvalue weighted by atomic mass is 10.1. The van der Waals surface area contributed by atoms with Gasteiger partial charge in [0.15, 0.2) is 0 Å². The van der Waals surface area contributed by atoms with Crippen molar-refractivity contribution >= 4 is 35.5 Å². The summed E-state index contributed by atoms with van der Waals surface area (Å²) < 4.78 is 0. The van der Waals surface area contributed by atoms with Crippen LogP contribution >= 0.6 is 0 Å². The fraction of sp³-hybridized carbons (Fsp3) is 0.667. The lowest BCUT2D eigenvalue weighted by molar-refractivity contribution is -0.143. The average Bonchev–Trinajstić information content (AvgIpc) is 3.28. The van der Waals surface area contributed by atoms with Crippen molar-refractivity contribution in [3.05, 3.63) is 0 Å². The molecule has 9 N–H and O–H groups in total. The van der Waals surface area contributed by atoms with E-state index in [1.807, 2.05) is 5.32 Å². The number of carboxylic acids is 1. The number of amides is 5. The van der Waals surface area contributed by atoms with Crippen LogP contribution in [0, 0.1) is 0 Å². The maximum atomic E-state index is 12.4. The summed E-state index contributed by atoms with van der Waals surface area (Å²) in [6, 6.07) is -4.92. The number of likely N-dealkylation sites (tertiary alicyclic amines) is 1. The zero-order chi connectivity index (χ0) is 25.1. The van der Waals surface area contributed by atoms with Gasteiger partial charge in [0.1, 0.15) is 24.2 Å². The van der Waals surface area contributed by atoms with E-state index in [1.54, 1.807) is 0 Å². The fourth-order valence-electron chi connectivity index (χ4n) is 3.05. The topological polar surface area (TPSA) is 240 Å². The minimum Gasteiger partial charge on any atom is -0.480 e. The van der Waals surface area contributed by atoms with E-state index in [-0.39, 0.29) is 6.54 Å². The number of nitrogens with one attached hydrogen (secondary N) is 4. The minimum absolute atomic E-state index is 0.268. The summed E-state index contributed by atoms with van der Waals surface area (Å²) in [5.41, 5.74) is 5.33. The molecule has 1 aliphatic heterocycles. The molecule has 0 spiro atoms. The Labute approximate surface area is 189 Å². The van der Waals surface area contributed by atoms with Crippen LogP contribution in [0.4, 0.5) is 0 Å². The number of carboxylic acid groups (broad SMARTS) is 1. The second kappa shape index (κ2) is 13.3. The standard InChI is InChI=1S/C18H30N6O9/c1-9(15(29)23-11(8-26)18(32)33)21-13(27)6-20-16(30)10(7-25)22-17(31)12-3-2-4-24(12)14(28)5-19/h9-12,25-26H,2-8,19H2,1H3,(H,20,30)(H,21,27)(H,22,31)(H,23,29)(H,32,33)/t9-,10-,11-,12-/m0/s1. The van der Waals surface area contributed by atoms with Crippen molar-refractivity contribution in [3.63, 3.8) is 0 Å². The number of aliphatic carboxylic acids is 1. The van der Waals surface area contributed by atoms with Crippen LogP contribution < -0.4 is 27.0 Å².